The smallest absolute Gasteiger partial charge is 0.119 e. The molecule has 0 saturated heterocycles. The molecule has 1 aromatic rings. The van der Waals surface area contributed by atoms with Gasteiger partial charge in [-0.3, -0.25) is 0 Å². The minimum atomic E-state index is 0.747. The van der Waals surface area contributed by atoms with E-state index in [2.05, 4.69) is 20.8 Å². The first-order valence-electron chi connectivity index (χ1n) is 7.38. The molecule has 0 unspecified atom stereocenters. The molecule has 0 amide bonds. The van der Waals surface area contributed by atoms with Crippen LogP contribution in [0.25, 0.3) is 0 Å². The zero-order valence-electron chi connectivity index (χ0n) is 12.8. The van der Waals surface area contributed by atoms with E-state index in [1.165, 1.54) is 19.3 Å². The summed E-state index contributed by atoms with van der Waals surface area (Å²) in [7, 11) is 1.68. The van der Waals surface area contributed by atoms with Gasteiger partial charge in [0.2, 0.25) is 0 Å². The maximum absolute atomic E-state index is 5.75. The number of rotatable bonds is 9. The molecule has 0 N–H and O–H groups in total. The lowest BCUT2D eigenvalue weighted by atomic mass is 9.98. The van der Waals surface area contributed by atoms with E-state index in [-0.39, 0.29) is 0 Å². The van der Waals surface area contributed by atoms with Crippen LogP contribution in [-0.4, -0.2) is 13.7 Å². The van der Waals surface area contributed by atoms with Gasteiger partial charge in [0, 0.05) is 0 Å². The van der Waals surface area contributed by atoms with Crippen molar-refractivity contribution in [3.8, 4) is 11.5 Å². The highest BCUT2D eigenvalue weighted by molar-refractivity contribution is 5.31. The summed E-state index contributed by atoms with van der Waals surface area (Å²) >= 11 is 0. The molecule has 2 nitrogen and oxygen atoms in total. The molecule has 0 aliphatic rings. The van der Waals surface area contributed by atoms with Gasteiger partial charge in [-0.15, -0.1) is 0 Å². The monoisotopic (exact) mass is 264 g/mol. The van der Waals surface area contributed by atoms with Gasteiger partial charge in [-0.05, 0) is 42.5 Å². The molecule has 19 heavy (non-hydrogen) atoms. The van der Waals surface area contributed by atoms with E-state index in [0.29, 0.717) is 0 Å². The predicted molar refractivity (Wildman–Crippen MR) is 81.0 cm³/mol. The van der Waals surface area contributed by atoms with Crippen molar-refractivity contribution in [3.63, 3.8) is 0 Å². The number of hydrogen-bond donors (Lipinski definition) is 0. The zero-order chi connectivity index (χ0) is 14.1. The van der Waals surface area contributed by atoms with Gasteiger partial charge in [0.15, 0.2) is 0 Å². The lowest BCUT2D eigenvalue weighted by molar-refractivity contribution is 0.275. The SMILES string of the molecule is COc1ccc(OCC[C@H](C)CCCC(C)C)cc1. The predicted octanol–water partition coefficient (Wildman–Crippen LogP) is 4.93. The van der Waals surface area contributed by atoms with Gasteiger partial charge in [0.25, 0.3) is 0 Å². The fraction of sp³-hybridized carbons (Fsp3) is 0.647. The Balaban J connectivity index is 2.14. The molecule has 0 bridgehead atoms. The summed E-state index contributed by atoms with van der Waals surface area (Å²) in [6, 6.07) is 7.79. The van der Waals surface area contributed by atoms with Gasteiger partial charge in [0.1, 0.15) is 11.5 Å². The minimum Gasteiger partial charge on any atom is -0.497 e. The fourth-order valence-electron chi connectivity index (χ4n) is 2.07. The maximum Gasteiger partial charge on any atom is 0.119 e. The van der Waals surface area contributed by atoms with E-state index in [1.807, 2.05) is 24.3 Å². The number of hydrogen-bond acceptors (Lipinski definition) is 2. The lowest BCUT2D eigenvalue weighted by Crippen LogP contribution is -2.04. The van der Waals surface area contributed by atoms with Gasteiger partial charge in [0.05, 0.1) is 13.7 Å². The van der Waals surface area contributed by atoms with Crippen molar-refractivity contribution in [2.45, 2.75) is 46.5 Å². The largest absolute Gasteiger partial charge is 0.497 e. The lowest BCUT2D eigenvalue weighted by Gasteiger charge is -2.13. The van der Waals surface area contributed by atoms with Crippen LogP contribution in [0.4, 0.5) is 0 Å². The maximum atomic E-state index is 5.75. The Morgan fingerprint density at radius 1 is 0.895 bits per heavy atom. The Labute approximate surface area is 118 Å². The highest BCUT2D eigenvalue weighted by Gasteiger charge is 2.04. The Kier molecular flexibility index (Phi) is 7.39. The molecule has 0 spiro atoms. The third-order valence-corrected chi connectivity index (χ3v) is 3.42. The van der Waals surface area contributed by atoms with E-state index in [0.717, 1.165) is 36.4 Å². The standard InChI is InChI=1S/C17H28O2/c1-14(2)6-5-7-15(3)12-13-19-17-10-8-16(18-4)9-11-17/h8-11,14-15H,5-7,12-13H2,1-4H3/t15-/m1/s1. The molecule has 0 aliphatic heterocycles. The zero-order valence-corrected chi connectivity index (χ0v) is 12.8. The normalized spacial score (nSPS) is 12.5. The molecule has 0 radical (unpaired) electrons. The Morgan fingerprint density at radius 3 is 2.11 bits per heavy atom. The minimum absolute atomic E-state index is 0.747. The van der Waals surface area contributed by atoms with Crippen molar-refractivity contribution < 1.29 is 9.47 Å². The van der Waals surface area contributed by atoms with Crippen LogP contribution in [0, 0.1) is 11.8 Å². The molecule has 0 aliphatic carbocycles. The second kappa shape index (κ2) is 8.84. The molecule has 108 valence electrons. The summed E-state index contributed by atoms with van der Waals surface area (Å²) in [6.45, 7) is 7.70. The van der Waals surface area contributed by atoms with Crippen molar-refractivity contribution in [3.05, 3.63) is 24.3 Å². The first-order chi connectivity index (χ1) is 9.11. The molecular formula is C17H28O2. The summed E-state index contributed by atoms with van der Waals surface area (Å²) in [5.41, 5.74) is 0. The summed E-state index contributed by atoms with van der Waals surface area (Å²) in [6.07, 6.45) is 5.11. The highest BCUT2D eigenvalue weighted by atomic mass is 16.5. The third kappa shape index (κ3) is 7.09. The van der Waals surface area contributed by atoms with E-state index in [4.69, 9.17) is 9.47 Å². The van der Waals surface area contributed by atoms with Crippen LogP contribution >= 0.6 is 0 Å². The van der Waals surface area contributed by atoms with Crippen LogP contribution in [0.5, 0.6) is 11.5 Å². The molecule has 0 saturated carbocycles. The molecule has 0 aromatic heterocycles. The van der Waals surface area contributed by atoms with Crippen LogP contribution in [0.3, 0.4) is 0 Å². The van der Waals surface area contributed by atoms with Crippen molar-refractivity contribution in [1.29, 1.82) is 0 Å². The molecule has 0 heterocycles. The number of methoxy groups -OCH3 is 1. The molecule has 1 aromatic carbocycles. The van der Waals surface area contributed by atoms with E-state index in [1.54, 1.807) is 7.11 Å². The van der Waals surface area contributed by atoms with Gasteiger partial charge in [-0.1, -0.05) is 40.0 Å². The van der Waals surface area contributed by atoms with Crippen molar-refractivity contribution in [2.24, 2.45) is 11.8 Å². The van der Waals surface area contributed by atoms with Crippen LogP contribution < -0.4 is 9.47 Å². The quantitative estimate of drug-likeness (QED) is 0.630. The second-order valence-corrected chi connectivity index (χ2v) is 5.74. The number of ether oxygens (including phenoxy) is 2. The highest BCUT2D eigenvalue weighted by Crippen LogP contribution is 2.19. The van der Waals surface area contributed by atoms with Gasteiger partial charge in [-0.25, -0.2) is 0 Å². The summed E-state index contributed by atoms with van der Waals surface area (Å²) < 4.78 is 10.9. The van der Waals surface area contributed by atoms with Crippen LogP contribution in [0.15, 0.2) is 24.3 Å². The van der Waals surface area contributed by atoms with E-state index < -0.39 is 0 Å². The van der Waals surface area contributed by atoms with Crippen molar-refractivity contribution in [2.75, 3.05) is 13.7 Å². The molecule has 0 fully saturated rings. The van der Waals surface area contributed by atoms with Gasteiger partial charge in [-0.2, -0.15) is 0 Å². The van der Waals surface area contributed by atoms with E-state index in [9.17, 15) is 0 Å². The summed E-state index contributed by atoms with van der Waals surface area (Å²) in [4.78, 5) is 0. The van der Waals surface area contributed by atoms with Crippen LogP contribution in [-0.2, 0) is 0 Å². The van der Waals surface area contributed by atoms with Crippen molar-refractivity contribution >= 4 is 0 Å². The van der Waals surface area contributed by atoms with Gasteiger partial charge >= 0.3 is 0 Å². The van der Waals surface area contributed by atoms with Crippen LogP contribution in [0.1, 0.15) is 46.5 Å². The molecule has 2 heteroatoms. The Hall–Kier alpha value is -1.18. The second-order valence-electron chi connectivity index (χ2n) is 5.74. The summed E-state index contributed by atoms with van der Waals surface area (Å²) in [5.74, 6) is 3.37. The molecule has 1 atom stereocenters. The first-order valence-corrected chi connectivity index (χ1v) is 7.38. The van der Waals surface area contributed by atoms with Crippen molar-refractivity contribution in [1.82, 2.24) is 0 Å². The third-order valence-electron chi connectivity index (χ3n) is 3.42. The number of benzene rings is 1. The first kappa shape index (κ1) is 15.9. The fourth-order valence-corrected chi connectivity index (χ4v) is 2.07. The topological polar surface area (TPSA) is 18.5 Å². The average Bonchev–Trinajstić information content (AvgIpc) is 2.39. The average molecular weight is 264 g/mol. The van der Waals surface area contributed by atoms with E-state index >= 15 is 0 Å². The summed E-state index contributed by atoms with van der Waals surface area (Å²) in [5, 5.41) is 0. The Bertz CT molecular complexity index is 330. The molecule has 1 rings (SSSR count). The van der Waals surface area contributed by atoms with Gasteiger partial charge < -0.3 is 9.47 Å². The Morgan fingerprint density at radius 2 is 1.53 bits per heavy atom. The van der Waals surface area contributed by atoms with Crippen LogP contribution in [0.2, 0.25) is 0 Å². The molecular weight excluding hydrogens is 236 g/mol.